The van der Waals surface area contributed by atoms with Crippen molar-refractivity contribution in [1.29, 1.82) is 0 Å². The first-order chi connectivity index (χ1) is 11.5. The van der Waals surface area contributed by atoms with E-state index in [0.717, 1.165) is 0 Å². The normalized spacial score (nSPS) is 9.71. The molecule has 124 valence electrons. The molecule has 0 saturated carbocycles. The molecule has 0 fully saturated rings. The average Bonchev–Trinajstić information content (AvgIpc) is 2.53. The Balaban J connectivity index is 1.80. The van der Waals surface area contributed by atoms with Crippen LogP contribution in [0.5, 0.6) is 0 Å². The fourth-order valence-electron chi connectivity index (χ4n) is 1.94. The third kappa shape index (κ3) is 5.80. The molecule has 0 atom stereocenters. The summed E-state index contributed by atoms with van der Waals surface area (Å²) in [6.45, 7) is 1.23. The molecule has 0 aromatic heterocycles. The van der Waals surface area contributed by atoms with E-state index in [1.807, 2.05) is 6.07 Å². The number of para-hydroxylation sites is 1. The van der Waals surface area contributed by atoms with E-state index in [2.05, 4.69) is 21.3 Å². The maximum absolute atomic E-state index is 11.9. The summed E-state index contributed by atoms with van der Waals surface area (Å²) in [4.78, 5) is 34.6. The lowest BCUT2D eigenvalue weighted by molar-refractivity contribution is -0.115. The molecular weight excluding hydrogens is 308 g/mol. The summed E-state index contributed by atoms with van der Waals surface area (Å²) >= 11 is 0. The van der Waals surface area contributed by atoms with Crippen LogP contribution >= 0.6 is 0 Å². The van der Waals surface area contributed by atoms with E-state index in [1.54, 1.807) is 48.5 Å². The van der Waals surface area contributed by atoms with Crippen LogP contribution in [0.25, 0.3) is 0 Å². The molecular formula is C17H18N4O3. The van der Waals surface area contributed by atoms with Crippen molar-refractivity contribution < 1.29 is 14.4 Å². The van der Waals surface area contributed by atoms with Crippen LogP contribution in [0.15, 0.2) is 54.6 Å². The van der Waals surface area contributed by atoms with Crippen molar-refractivity contribution in [2.45, 2.75) is 6.92 Å². The molecule has 4 N–H and O–H groups in total. The Hall–Kier alpha value is -3.35. The summed E-state index contributed by atoms with van der Waals surface area (Å²) in [6, 6.07) is 15.2. The van der Waals surface area contributed by atoms with E-state index in [-0.39, 0.29) is 18.4 Å². The Morgan fingerprint density at radius 1 is 0.792 bits per heavy atom. The van der Waals surface area contributed by atoms with Gasteiger partial charge in [-0.2, -0.15) is 0 Å². The van der Waals surface area contributed by atoms with Gasteiger partial charge in [-0.05, 0) is 30.3 Å². The van der Waals surface area contributed by atoms with Crippen molar-refractivity contribution in [3.63, 3.8) is 0 Å². The highest BCUT2D eigenvalue weighted by atomic mass is 16.2. The Morgan fingerprint density at radius 3 is 2.08 bits per heavy atom. The summed E-state index contributed by atoms with van der Waals surface area (Å²) in [7, 11) is 0. The molecule has 0 bridgehead atoms. The molecule has 0 spiro atoms. The molecule has 0 aliphatic rings. The van der Waals surface area contributed by atoms with Crippen molar-refractivity contribution in [3.8, 4) is 0 Å². The Labute approximate surface area is 139 Å². The number of amides is 4. The number of urea groups is 1. The van der Waals surface area contributed by atoms with Crippen molar-refractivity contribution in [1.82, 2.24) is 5.32 Å². The van der Waals surface area contributed by atoms with Crippen molar-refractivity contribution >= 4 is 34.9 Å². The summed E-state index contributed by atoms with van der Waals surface area (Å²) in [5, 5.41) is 10.3. The molecule has 7 heteroatoms. The van der Waals surface area contributed by atoms with Gasteiger partial charge in [0.2, 0.25) is 11.8 Å². The van der Waals surface area contributed by atoms with E-state index < -0.39 is 6.03 Å². The van der Waals surface area contributed by atoms with Crippen LogP contribution in [-0.4, -0.2) is 24.4 Å². The van der Waals surface area contributed by atoms with Crippen LogP contribution < -0.4 is 21.3 Å². The lowest BCUT2D eigenvalue weighted by Gasteiger charge is -2.09. The molecule has 0 aliphatic carbocycles. The van der Waals surface area contributed by atoms with E-state index in [4.69, 9.17) is 0 Å². The van der Waals surface area contributed by atoms with Crippen LogP contribution in [0.4, 0.5) is 21.9 Å². The standard InChI is InChI=1S/C17H18N4O3/c1-12(22)19-14-8-5-9-15(10-14)20-16(23)11-18-17(24)21-13-6-3-2-4-7-13/h2-10H,11H2,1H3,(H,19,22)(H,20,23)(H2,18,21,24). The lowest BCUT2D eigenvalue weighted by atomic mass is 10.2. The first-order valence-corrected chi connectivity index (χ1v) is 7.30. The maximum atomic E-state index is 11.9. The Morgan fingerprint density at radius 2 is 1.42 bits per heavy atom. The predicted molar refractivity (Wildman–Crippen MR) is 92.8 cm³/mol. The Bertz CT molecular complexity index is 732. The fourth-order valence-corrected chi connectivity index (χ4v) is 1.94. The smallest absolute Gasteiger partial charge is 0.319 e. The SMILES string of the molecule is CC(=O)Nc1cccc(NC(=O)CNC(=O)Nc2ccccc2)c1. The first kappa shape index (κ1) is 17.0. The minimum Gasteiger partial charge on any atom is -0.329 e. The largest absolute Gasteiger partial charge is 0.329 e. The molecule has 7 nitrogen and oxygen atoms in total. The monoisotopic (exact) mass is 326 g/mol. The third-order valence-corrected chi connectivity index (χ3v) is 2.91. The van der Waals surface area contributed by atoms with Crippen molar-refractivity contribution in [3.05, 3.63) is 54.6 Å². The number of hydrogen-bond acceptors (Lipinski definition) is 3. The third-order valence-electron chi connectivity index (χ3n) is 2.91. The highest BCUT2D eigenvalue weighted by Crippen LogP contribution is 2.14. The number of carbonyl (C=O) groups is 3. The molecule has 0 unspecified atom stereocenters. The molecule has 2 aromatic carbocycles. The second kappa shape index (κ2) is 8.33. The van der Waals surface area contributed by atoms with Gasteiger partial charge in [-0.15, -0.1) is 0 Å². The van der Waals surface area contributed by atoms with Crippen LogP contribution in [0.3, 0.4) is 0 Å². The van der Waals surface area contributed by atoms with Gasteiger partial charge >= 0.3 is 6.03 Å². The second-order valence-corrected chi connectivity index (χ2v) is 4.98. The number of hydrogen-bond donors (Lipinski definition) is 4. The van der Waals surface area contributed by atoms with Crippen LogP contribution in [-0.2, 0) is 9.59 Å². The maximum Gasteiger partial charge on any atom is 0.319 e. The second-order valence-electron chi connectivity index (χ2n) is 4.98. The first-order valence-electron chi connectivity index (χ1n) is 7.30. The van der Waals surface area contributed by atoms with Gasteiger partial charge in [-0.25, -0.2) is 4.79 Å². The predicted octanol–water partition coefficient (Wildman–Crippen LogP) is 2.41. The molecule has 0 aliphatic heterocycles. The Kier molecular flexibility index (Phi) is 5.90. The fraction of sp³-hybridized carbons (Fsp3) is 0.118. The molecule has 0 radical (unpaired) electrons. The summed E-state index contributed by atoms with van der Waals surface area (Å²) in [5.41, 5.74) is 1.74. The minimum absolute atomic E-state index is 0.178. The van der Waals surface area contributed by atoms with Crippen LogP contribution in [0.2, 0.25) is 0 Å². The lowest BCUT2D eigenvalue weighted by Crippen LogP contribution is -2.35. The summed E-state index contributed by atoms with van der Waals surface area (Å²) in [5.74, 6) is -0.573. The molecule has 4 amide bonds. The topological polar surface area (TPSA) is 99.3 Å². The van der Waals surface area contributed by atoms with E-state index >= 15 is 0 Å². The van der Waals surface area contributed by atoms with Crippen molar-refractivity contribution in [2.24, 2.45) is 0 Å². The summed E-state index contributed by atoms with van der Waals surface area (Å²) < 4.78 is 0. The van der Waals surface area contributed by atoms with Gasteiger partial charge in [0.05, 0.1) is 6.54 Å². The van der Waals surface area contributed by atoms with Gasteiger partial charge in [0.1, 0.15) is 0 Å². The number of anilines is 3. The van der Waals surface area contributed by atoms with E-state index in [0.29, 0.717) is 17.1 Å². The van der Waals surface area contributed by atoms with E-state index in [9.17, 15) is 14.4 Å². The van der Waals surface area contributed by atoms with Gasteiger partial charge in [-0.1, -0.05) is 24.3 Å². The van der Waals surface area contributed by atoms with Crippen LogP contribution in [0, 0.1) is 0 Å². The summed E-state index contributed by atoms with van der Waals surface area (Å²) in [6.07, 6.45) is 0. The zero-order valence-corrected chi connectivity index (χ0v) is 13.1. The van der Waals surface area contributed by atoms with Gasteiger partial charge in [-0.3, -0.25) is 9.59 Å². The highest BCUT2D eigenvalue weighted by molar-refractivity contribution is 5.97. The van der Waals surface area contributed by atoms with Gasteiger partial charge in [0.25, 0.3) is 0 Å². The molecule has 24 heavy (non-hydrogen) atoms. The quantitative estimate of drug-likeness (QED) is 0.679. The highest BCUT2D eigenvalue weighted by Gasteiger charge is 2.06. The molecule has 0 heterocycles. The van der Waals surface area contributed by atoms with Gasteiger partial charge < -0.3 is 21.3 Å². The number of carbonyl (C=O) groups excluding carboxylic acids is 3. The van der Waals surface area contributed by atoms with Crippen molar-refractivity contribution in [2.75, 3.05) is 22.5 Å². The van der Waals surface area contributed by atoms with Crippen LogP contribution in [0.1, 0.15) is 6.92 Å². The average molecular weight is 326 g/mol. The number of rotatable bonds is 5. The molecule has 2 aromatic rings. The minimum atomic E-state index is -0.469. The van der Waals surface area contributed by atoms with Gasteiger partial charge in [0.15, 0.2) is 0 Å². The molecule has 2 rings (SSSR count). The zero-order chi connectivity index (χ0) is 17.4. The number of nitrogens with one attached hydrogen (secondary N) is 4. The number of benzene rings is 2. The van der Waals surface area contributed by atoms with Gasteiger partial charge in [0, 0.05) is 24.0 Å². The molecule has 0 saturated heterocycles. The van der Waals surface area contributed by atoms with E-state index in [1.165, 1.54) is 6.92 Å². The zero-order valence-electron chi connectivity index (χ0n) is 13.1.